The predicted molar refractivity (Wildman–Crippen MR) is 119 cm³/mol. The van der Waals surface area contributed by atoms with E-state index in [1.807, 2.05) is 18.2 Å². The Labute approximate surface area is 176 Å². The molecular formula is C23H26N4OS. The van der Waals surface area contributed by atoms with Gasteiger partial charge in [-0.05, 0) is 53.6 Å². The van der Waals surface area contributed by atoms with Crippen molar-refractivity contribution in [2.45, 2.75) is 24.3 Å². The average Bonchev–Trinajstić information content (AvgIpc) is 2.78. The van der Waals surface area contributed by atoms with Crippen LogP contribution < -0.4 is 15.4 Å². The summed E-state index contributed by atoms with van der Waals surface area (Å²) in [6.07, 6.45) is 5.38. The molecule has 2 amide bonds. The highest BCUT2D eigenvalue weighted by Crippen LogP contribution is 2.29. The van der Waals surface area contributed by atoms with Crippen LogP contribution in [0.1, 0.15) is 18.4 Å². The summed E-state index contributed by atoms with van der Waals surface area (Å²) in [7, 11) is 0. The lowest BCUT2D eigenvalue weighted by Crippen LogP contribution is -2.35. The van der Waals surface area contributed by atoms with Crippen LogP contribution >= 0.6 is 11.9 Å². The van der Waals surface area contributed by atoms with Gasteiger partial charge >= 0.3 is 6.03 Å². The van der Waals surface area contributed by atoms with E-state index in [9.17, 15) is 4.79 Å². The van der Waals surface area contributed by atoms with Gasteiger partial charge in [-0.15, -0.1) is 0 Å². The van der Waals surface area contributed by atoms with Crippen molar-refractivity contribution < 1.29 is 4.79 Å². The molecule has 5 nitrogen and oxygen atoms in total. The molecular weight excluding hydrogens is 380 g/mol. The molecule has 0 unspecified atom stereocenters. The number of benzene rings is 2. The van der Waals surface area contributed by atoms with Crippen molar-refractivity contribution in [3.8, 4) is 11.1 Å². The van der Waals surface area contributed by atoms with E-state index in [2.05, 4.69) is 68.9 Å². The van der Waals surface area contributed by atoms with E-state index in [-0.39, 0.29) is 6.03 Å². The molecule has 29 heavy (non-hydrogen) atoms. The highest BCUT2D eigenvalue weighted by atomic mass is 32.2. The van der Waals surface area contributed by atoms with Crippen molar-refractivity contribution in [1.82, 2.24) is 20.3 Å². The van der Waals surface area contributed by atoms with Crippen LogP contribution in [0.5, 0.6) is 0 Å². The van der Waals surface area contributed by atoms with E-state index >= 15 is 0 Å². The topological polar surface area (TPSA) is 66.1 Å². The zero-order valence-electron chi connectivity index (χ0n) is 16.3. The third-order valence-electron chi connectivity index (χ3n) is 4.32. The average molecular weight is 407 g/mol. The summed E-state index contributed by atoms with van der Waals surface area (Å²) in [5.41, 5.74) is 3.44. The summed E-state index contributed by atoms with van der Waals surface area (Å²) in [4.78, 5) is 17.0. The van der Waals surface area contributed by atoms with Crippen LogP contribution in [0.15, 0.2) is 84.0 Å². The van der Waals surface area contributed by atoms with Gasteiger partial charge in [-0.2, -0.15) is 0 Å². The maximum atomic E-state index is 11.8. The number of nitrogens with zero attached hydrogens (tertiary/aromatic N) is 1. The number of amides is 2. The Balaban J connectivity index is 1.29. The van der Waals surface area contributed by atoms with Crippen LogP contribution in [0.2, 0.25) is 0 Å². The summed E-state index contributed by atoms with van der Waals surface area (Å²) < 4.78 is 3.43. The van der Waals surface area contributed by atoms with Crippen LogP contribution in [0.3, 0.4) is 0 Å². The van der Waals surface area contributed by atoms with Gasteiger partial charge in [0.2, 0.25) is 0 Å². The summed E-state index contributed by atoms with van der Waals surface area (Å²) >= 11 is 1.66. The molecule has 0 spiro atoms. The maximum absolute atomic E-state index is 11.8. The van der Waals surface area contributed by atoms with Crippen molar-refractivity contribution >= 4 is 18.0 Å². The number of hydrogen-bond acceptors (Lipinski definition) is 4. The Morgan fingerprint density at radius 3 is 2.48 bits per heavy atom. The predicted octanol–water partition coefficient (Wildman–Crippen LogP) is 4.62. The van der Waals surface area contributed by atoms with Gasteiger partial charge in [0.25, 0.3) is 0 Å². The molecule has 0 saturated heterocycles. The van der Waals surface area contributed by atoms with E-state index in [4.69, 9.17) is 0 Å². The van der Waals surface area contributed by atoms with Gasteiger partial charge in [0, 0.05) is 36.9 Å². The first kappa shape index (κ1) is 20.9. The van der Waals surface area contributed by atoms with Crippen molar-refractivity contribution in [2.24, 2.45) is 0 Å². The van der Waals surface area contributed by atoms with Gasteiger partial charge in [0.15, 0.2) is 0 Å². The van der Waals surface area contributed by atoms with Crippen molar-refractivity contribution in [3.05, 3.63) is 84.7 Å². The molecule has 0 aliphatic rings. The zero-order chi connectivity index (χ0) is 20.2. The minimum absolute atomic E-state index is 0.145. The number of rotatable bonds is 10. The van der Waals surface area contributed by atoms with E-state index in [0.29, 0.717) is 13.1 Å². The van der Waals surface area contributed by atoms with Crippen LogP contribution in [0, 0.1) is 0 Å². The number of pyridine rings is 1. The second-order valence-electron chi connectivity index (χ2n) is 6.54. The highest BCUT2D eigenvalue weighted by molar-refractivity contribution is 7.97. The van der Waals surface area contributed by atoms with Gasteiger partial charge in [0.1, 0.15) is 0 Å². The molecule has 150 valence electrons. The molecule has 1 aromatic heterocycles. The van der Waals surface area contributed by atoms with Gasteiger partial charge in [-0.3, -0.25) is 9.71 Å². The lowest BCUT2D eigenvalue weighted by Gasteiger charge is -2.10. The first-order chi connectivity index (χ1) is 14.3. The van der Waals surface area contributed by atoms with Gasteiger partial charge in [-0.25, -0.2) is 4.79 Å². The van der Waals surface area contributed by atoms with Crippen LogP contribution in [-0.4, -0.2) is 24.1 Å². The number of urea groups is 1. The molecule has 0 aliphatic carbocycles. The summed E-state index contributed by atoms with van der Waals surface area (Å²) in [6.45, 7) is 2.03. The van der Waals surface area contributed by atoms with Crippen LogP contribution in [-0.2, 0) is 6.54 Å². The molecule has 2 aromatic carbocycles. The van der Waals surface area contributed by atoms with Crippen molar-refractivity contribution in [1.29, 1.82) is 0 Å². The minimum Gasteiger partial charge on any atom is -0.338 e. The molecule has 0 radical (unpaired) electrons. The molecule has 0 atom stereocenters. The SMILES string of the molecule is O=C(NCCCCNSc1ccccc1-c1ccccc1)NCc1cccnc1. The van der Waals surface area contributed by atoms with E-state index in [1.54, 1.807) is 24.3 Å². The zero-order valence-corrected chi connectivity index (χ0v) is 17.1. The van der Waals surface area contributed by atoms with Gasteiger partial charge in [0.05, 0.1) is 0 Å². The standard InChI is InChI=1S/C23H26N4OS/c28-23(26-18-19-9-8-14-24-17-19)25-15-6-7-16-27-29-22-13-5-4-12-21(22)20-10-2-1-3-11-20/h1-5,8-14,17,27H,6-7,15-16,18H2,(H2,25,26,28). The molecule has 0 bridgehead atoms. The summed E-state index contributed by atoms with van der Waals surface area (Å²) in [5.74, 6) is 0. The highest BCUT2D eigenvalue weighted by Gasteiger charge is 2.04. The van der Waals surface area contributed by atoms with E-state index in [1.165, 1.54) is 16.0 Å². The smallest absolute Gasteiger partial charge is 0.315 e. The lowest BCUT2D eigenvalue weighted by atomic mass is 10.1. The number of carbonyl (C=O) groups is 1. The largest absolute Gasteiger partial charge is 0.338 e. The fourth-order valence-corrected chi connectivity index (χ4v) is 3.66. The number of carbonyl (C=O) groups excluding carboxylic acids is 1. The first-order valence-electron chi connectivity index (χ1n) is 9.78. The molecule has 0 aliphatic heterocycles. The molecule has 1 heterocycles. The third kappa shape index (κ3) is 7.25. The van der Waals surface area contributed by atoms with Crippen LogP contribution in [0.4, 0.5) is 4.79 Å². The number of aromatic nitrogens is 1. The number of unbranched alkanes of at least 4 members (excludes halogenated alkanes) is 1. The third-order valence-corrected chi connectivity index (χ3v) is 5.25. The monoisotopic (exact) mass is 406 g/mol. The van der Waals surface area contributed by atoms with E-state index < -0.39 is 0 Å². The van der Waals surface area contributed by atoms with Crippen molar-refractivity contribution in [3.63, 3.8) is 0 Å². The van der Waals surface area contributed by atoms with Gasteiger partial charge < -0.3 is 10.6 Å². The van der Waals surface area contributed by atoms with E-state index in [0.717, 1.165) is 24.9 Å². The quantitative estimate of drug-likeness (QED) is 0.339. The van der Waals surface area contributed by atoms with Crippen LogP contribution in [0.25, 0.3) is 11.1 Å². The molecule has 3 rings (SSSR count). The Kier molecular flexibility index (Phi) is 8.56. The Morgan fingerprint density at radius 1 is 0.862 bits per heavy atom. The molecule has 0 saturated carbocycles. The van der Waals surface area contributed by atoms with Crippen molar-refractivity contribution in [2.75, 3.05) is 13.1 Å². The van der Waals surface area contributed by atoms with Gasteiger partial charge in [-0.1, -0.05) is 54.6 Å². The Bertz CT molecular complexity index is 874. The fraction of sp³-hybridized carbons (Fsp3) is 0.217. The molecule has 3 aromatic rings. The maximum Gasteiger partial charge on any atom is 0.315 e. The molecule has 0 fully saturated rings. The normalized spacial score (nSPS) is 10.5. The summed E-state index contributed by atoms with van der Waals surface area (Å²) in [5, 5.41) is 5.72. The second kappa shape index (κ2) is 11.9. The number of hydrogen-bond donors (Lipinski definition) is 3. The Morgan fingerprint density at radius 2 is 1.66 bits per heavy atom. The molecule has 6 heteroatoms. The summed E-state index contributed by atoms with van der Waals surface area (Å²) in [6, 6.07) is 22.5. The fourth-order valence-electron chi connectivity index (χ4n) is 2.81. The number of nitrogens with one attached hydrogen (secondary N) is 3. The Hall–Kier alpha value is -2.83. The minimum atomic E-state index is -0.145. The molecule has 3 N–H and O–H groups in total. The first-order valence-corrected chi connectivity index (χ1v) is 10.6. The lowest BCUT2D eigenvalue weighted by molar-refractivity contribution is 0.240. The second-order valence-corrected chi connectivity index (χ2v) is 7.47.